The molecule has 30 heavy (non-hydrogen) atoms. The second-order valence-electron chi connectivity index (χ2n) is 6.11. The first-order chi connectivity index (χ1) is 14.4. The smallest absolute Gasteiger partial charge is 0.270 e. The summed E-state index contributed by atoms with van der Waals surface area (Å²) in [7, 11) is 0. The van der Waals surface area contributed by atoms with Gasteiger partial charge in [-0.2, -0.15) is 0 Å². The predicted octanol–water partition coefficient (Wildman–Crippen LogP) is 5.47. The summed E-state index contributed by atoms with van der Waals surface area (Å²) in [6, 6.07) is 17.5. The molecule has 3 aromatic rings. The maximum Gasteiger partial charge on any atom is 0.270 e. The first-order valence-corrected chi connectivity index (χ1v) is 10.3. The van der Waals surface area contributed by atoms with Crippen LogP contribution in [0.1, 0.15) is 20.7 Å². The Labute approximate surface area is 181 Å². The summed E-state index contributed by atoms with van der Waals surface area (Å²) in [4.78, 5) is 36.6. The summed E-state index contributed by atoms with van der Waals surface area (Å²) >= 11 is 7.58. The van der Waals surface area contributed by atoms with Crippen LogP contribution in [0.25, 0.3) is 0 Å². The van der Waals surface area contributed by atoms with Crippen LogP contribution in [0.2, 0.25) is 5.02 Å². The quantitative estimate of drug-likeness (QED) is 0.300. The highest BCUT2D eigenvalue weighted by molar-refractivity contribution is 7.98. The van der Waals surface area contributed by atoms with Crippen LogP contribution in [0.3, 0.4) is 0 Å². The lowest BCUT2D eigenvalue weighted by Crippen LogP contribution is -2.18. The van der Waals surface area contributed by atoms with Crippen molar-refractivity contribution in [3.8, 4) is 0 Å². The number of non-ortho nitro benzene ring substituents is 1. The van der Waals surface area contributed by atoms with E-state index in [0.717, 1.165) is 11.0 Å². The molecule has 2 N–H and O–H groups in total. The number of nitrogens with one attached hydrogen (secondary N) is 2. The van der Waals surface area contributed by atoms with Crippen molar-refractivity contribution < 1.29 is 14.5 Å². The van der Waals surface area contributed by atoms with E-state index in [4.69, 9.17) is 11.6 Å². The number of nitro benzene ring substituents is 1. The molecule has 3 rings (SSSR count). The standard InChI is InChI=1S/C21H16ClN3O4S/c1-30-15-6-4-5-13(11-15)23-21(27)17-7-2-3-8-19(17)24-20(26)16-10-9-14(25(28)29)12-18(16)22/h2-12H,1H3,(H,23,27)(H,24,26). The highest BCUT2D eigenvalue weighted by atomic mass is 35.5. The molecule has 0 bridgehead atoms. The summed E-state index contributed by atoms with van der Waals surface area (Å²) in [5, 5.41) is 16.2. The number of hydrogen-bond donors (Lipinski definition) is 2. The van der Waals surface area contributed by atoms with Crippen LogP contribution in [0.4, 0.5) is 17.1 Å². The van der Waals surface area contributed by atoms with Crippen molar-refractivity contribution in [2.75, 3.05) is 16.9 Å². The third-order valence-electron chi connectivity index (χ3n) is 4.16. The number of rotatable bonds is 6. The maximum atomic E-state index is 12.8. The Morgan fingerprint density at radius 1 is 0.933 bits per heavy atom. The van der Waals surface area contributed by atoms with Gasteiger partial charge >= 0.3 is 0 Å². The summed E-state index contributed by atoms with van der Waals surface area (Å²) in [5.74, 6) is -0.974. The minimum Gasteiger partial charge on any atom is -0.322 e. The van der Waals surface area contributed by atoms with E-state index in [0.29, 0.717) is 5.69 Å². The van der Waals surface area contributed by atoms with Crippen LogP contribution < -0.4 is 10.6 Å². The Morgan fingerprint density at radius 3 is 2.37 bits per heavy atom. The SMILES string of the molecule is CSc1cccc(NC(=O)c2ccccc2NC(=O)c2ccc([N+](=O)[O-])cc2Cl)c1. The minimum atomic E-state index is -0.598. The van der Waals surface area contributed by atoms with Crippen molar-refractivity contribution in [3.05, 3.63) is 93.0 Å². The molecule has 3 aromatic carbocycles. The molecule has 0 saturated heterocycles. The van der Waals surface area contributed by atoms with Crippen molar-refractivity contribution in [1.29, 1.82) is 0 Å². The second-order valence-corrected chi connectivity index (χ2v) is 7.39. The molecule has 0 aliphatic rings. The number of para-hydroxylation sites is 1. The molecule has 7 nitrogen and oxygen atoms in total. The number of nitrogens with zero attached hydrogens (tertiary/aromatic N) is 1. The lowest BCUT2D eigenvalue weighted by molar-refractivity contribution is -0.384. The number of amides is 2. The Hall–Kier alpha value is -3.36. The van der Waals surface area contributed by atoms with E-state index in [2.05, 4.69) is 10.6 Å². The second kappa shape index (κ2) is 9.43. The van der Waals surface area contributed by atoms with Crippen LogP contribution in [-0.4, -0.2) is 23.0 Å². The predicted molar refractivity (Wildman–Crippen MR) is 119 cm³/mol. The number of carbonyl (C=O) groups excluding carboxylic acids is 2. The number of nitro groups is 1. The van der Waals surface area contributed by atoms with Crippen LogP contribution in [0.5, 0.6) is 0 Å². The summed E-state index contributed by atoms with van der Waals surface area (Å²) in [5.41, 5.74) is 1.02. The normalized spacial score (nSPS) is 10.3. The number of halogens is 1. The molecule has 0 aliphatic carbocycles. The molecule has 0 atom stereocenters. The van der Waals surface area contributed by atoms with E-state index >= 15 is 0 Å². The van der Waals surface area contributed by atoms with Gasteiger partial charge in [0.2, 0.25) is 0 Å². The van der Waals surface area contributed by atoms with Gasteiger partial charge in [-0.3, -0.25) is 19.7 Å². The van der Waals surface area contributed by atoms with Crippen molar-refractivity contribution in [2.24, 2.45) is 0 Å². The Kier molecular flexibility index (Phi) is 6.71. The lowest BCUT2D eigenvalue weighted by atomic mass is 10.1. The average molecular weight is 442 g/mol. The molecule has 0 aromatic heterocycles. The van der Waals surface area contributed by atoms with Crippen LogP contribution >= 0.6 is 23.4 Å². The molecule has 0 saturated carbocycles. The van der Waals surface area contributed by atoms with E-state index in [1.807, 2.05) is 24.5 Å². The first-order valence-electron chi connectivity index (χ1n) is 8.69. The van der Waals surface area contributed by atoms with Gasteiger partial charge in [0.15, 0.2) is 0 Å². The van der Waals surface area contributed by atoms with Crippen molar-refractivity contribution in [2.45, 2.75) is 4.90 Å². The zero-order chi connectivity index (χ0) is 21.7. The highest BCUT2D eigenvalue weighted by Crippen LogP contribution is 2.25. The summed E-state index contributed by atoms with van der Waals surface area (Å²) < 4.78 is 0. The molecule has 9 heteroatoms. The Balaban J connectivity index is 1.82. The fourth-order valence-electron chi connectivity index (χ4n) is 2.68. The van der Waals surface area contributed by atoms with Gasteiger partial charge in [-0.15, -0.1) is 11.8 Å². The molecule has 0 fully saturated rings. The number of carbonyl (C=O) groups is 2. The fourth-order valence-corrected chi connectivity index (χ4v) is 3.40. The van der Waals surface area contributed by atoms with Crippen molar-refractivity contribution in [3.63, 3.8) is 0 Å². The van der Waals surface area contributed by atoms with Gasteiger partial charge in [-0.05, 0) is 42.7 Å². The van der Waals surface area contributed by atoms with E-state index in [1.165, 1.54) is 12.1 Å². The van der Waals surface area contributed by atoms with Gasteiger partial charge in [-0.1, -0.05) is 29.8 Å². The molecule has 2 amide bonds. The Morgan fingerprint density at radius 2 is 1.67 bits per heavy atom. The van der Waals surface area contributed by atoms with Gasteiger partial charge < -0.3 is 10.6 Å². The summed E-state index contributed by atoms with van der Waals surface area (Å²) in [6.45, 7) is 0. The highest BCUT2D eigenvalue weighted by Gasteiger charge is 2.18. The van der Waals surface area contributed by atoms with Gasteiger partial charge in [0.1, 0.15) is 0 Å². The zero-order valence-electron chi connectivity index (χ0n) is 15.7. The van der Waals surface area contributed by atoms with E-state index in [9.17, 15) is 19.7 Å². The largest absolute Gasteiger partial charge is 0.322 e. The van der Waals surface area contributed by atoms with Gasteiger partial charge in [0, 0.05) is 22.7 Å². The van der Waals surface area contributed by atoms with Crippen LogP contribution in [-0.2, 0) is 0 Å². The van der Waals surface area contributed by atoms with Gasteiger partial charge in [0.25, 0.3) is 17.5 Å². The maximum absolute atomic E-state index is 12.8. The molecular weight excluding hydrogens is 426 g/mol. The minimum absolute atomic E-state index is 0.0579. The number of anilines is 2. The molecule has 0 heterocycles. The Bertz CT molecular complexity index is 1140. The first kappa shape index (κ1) is 21.4. The van der Waals surface area contributed by atoms with Crippen LogP contribution in [0.15, 0.2) is 71.6 Å². The van der Waals surface area contributed by atoms with E-state index in [1.54, 1.807) is 42.1 Å². The summed E-state index contributed by atoms with van der Waals surface area (Å²) in [6.07, 6.45) is 1.94. The average Bonchev–Trinajstić information content (AvgIpc) is 2.74. The molecule has 0 unspecified atom stereocenters. The topological polar surface area (TPSA) is 101 Å². The number of thioether (sulfide) groups is 1. The van der Waals surface area contributed by atoms with Gasteiger partial charge in [0.05, 0.1) is 26.8 Å². The third kappa shape index (κ3) is 4.97. The molecule has 0 spiro atoms. The van der Waals surface area contributed by atoms with E-state index in [-0.39, 0.29) is 33.4 Å². The van der Waals surface area contributed by atoms with Crippen molar-refractivity contribution in [1.82, 2.24) is 0 Å². The molecular formula is C21H16ClN3O4S. The fraction of sp³-hybridized carbons (Fsp3) is 0.0476. The monoisotopic (exact) mass is 441 g/mol. The third-order valence-corrected chi connectivity index (χ3v) is 5.19. The molecule has 152 valence electrons. The number of hydrogen-bond acceptors (Lipinski definition) is 5. The van der Waals surface area contributed by atoms with Crippen molar-refractivity contribution >= 4 is 52.2 Å². The zero-order valence-corrected chi connectivity index (χ0v) is 17.3. The van der Waals surface area contributed by atoms with E-state index < -0.39 is 10.8 Å². The molecule has 0 radical (unpaired) electrons. The molecule has 0 aliphatic heterocycles. The van der Waals surface area contributed by atoms with Crippen LogP contribution in [0, 0.1) is 10.1 Å². The van der Waals surface area contributed by atoms with Gasteiger partial charge in [-0.25, -0.2) is 0 Å². The lowest BCUT2D eigenvalue weighted by Gasteiger charge is -2.12. The number of benzene rings is 3.